The van der Waals surface area contributed by atoms with Crippen LogP contribution in [0.4, 0.5) is 0 Å². The van der Waals surface area contributed by atoms with E-state index in [0.29, 0.717) is 19.3 Å². The molecule has 0 aromatic heterocycles. The molecule has 0 amide bonds. The second kappa shape index (κ2) is 48.0. The van der Waals surface area contributed by atoms with Gasteiger partial charge >= 0.3 is 17.9 Å². The van der Waals surface area contributed by atoms with E-state index in [1.165, 1.54) is 128 Å². The van der Waals surface area contributed by atoms with E-state index in [1.807, 2.05) is 0 Å². The van der Waals surface area contributed by atoms with Crippen LogP contribution in [0.25, 0.3) is 0 Å². The van der Waals surface area contributed by atoms with E-state index in [0.717, 1.165) is 83.5 Å². The average molecular weight is 827 g/mol. The monoisotopic (exact) mass is 827 g/mol. The zero-order valence-corrected chi connectivity index (χ0v) is 39.0. The minimum absolute atomic E-state index is 0.0782. The van der Waals surface area contributed by atoms with Crippen molar-refractivity contribution in [1.29, 1.82) is 0 Å². The van der Waals surface area contributed by atoms with Gasteiger partial charge in [0.05, 0.1) is 0 Å². The second-order valence-corrected chi connectivity index (χ2v) is 16.7. The largest absolute Gasteiger partial charge is 0.462 e. The van der Waals surface area contributed by atoms with Crippen LogP contribution in [-0.2, 0) is 28.6 Å². The summed E-state index contributed by atoms with van der Waals surface area (Å²) in [5, 5.41) is 0. The summed E-state index contributed by atoms with van der Waals surface area (Å²) in [6.07, 6.45) is 56.6. The maximum Gasteiger partial charge on any atom is 0.306 e. The molecule has 1 atom stereocenters. The number of allylic oxidation sites excluding steroid dienone is 8. The summed E-state index contributed by atoms with van der Waals surface area (Å²) in [7, 11) is 0. The lowest BCUT2D eigenvalue weighted by molar-refractivity contribution is -0.167. The van der Waals surface area contributed by atoms with Gasteiger partial charge in [-0.25, -0.2) is 0 Å². The molecule has 0 saturated heterocycles. The van der Waals surface area contributed by atoms with Gasteiger partial charge < -0.3 is 14.2 Å². The Kier molecular flexibility index (Phi) is 45.9. The third-order valence-corrected chi connectivity index (χ3v) is 10.8. The molecule has 0 aromatic rings. The number of hydrogen-bond donors (Lipinski definition) is 0. The highest BCUT2D eigenvalue weighted by molar-refractivity contribution is 5.71. The first kappa shape index (κ1) is 56.4. The molecule has 6 heteroatoms. The molecule has 0 heterocycles. The van der Waals surface area contributed by atoms with Gasteiger partial charge in [-0.15, -0.1) is 0 Å². The van der Waals surface area contributed by atoms with Crippen molar-refractivity contribution in [3.8, 4) is 0 Å². The second-order valence-electron chi connectivity index (χ2n) is 16.7. The number of esters is 3. The molecule has 0 radical (unpaired) electrons. The fraction of sp³-hybridized carbons (Fsp3) is 0.792. The lowest BCUT2D eigenvalue weighted by Gasteiger charge is -2.18. The highest BCUT2D eigenvalue weighted by Crippen LogP contribution is 2.15. The van der Waals surface area contributed by atoms with Gasteiger partial charge in [0.1, 0.15) is 13.2 Å². The van der Waals surface area contributed by atoms with Crippen molar-refractivity contribution < 1.29 is 28.6 Å². The van der Waals surface area contributed by atoms with Gasteiger partial charge in [0.25, 0.3) is 0 Å². The SMILES string of the molecule is CC/C=C\C/C=C\CCCCCCCCCC(=O)OC(COC(=O)CCCCCCCC/C=C\C=C/CCCCC)COC(=O)CCCCCCCCCCCCCC. The van der Waals surface area contributed by atoms with Crippen LogP contribution < -0.4 is 0 Å². The summed E-state index contributed by atoms with van der Waals surface area (Å²) in [5.41, 5.74) is 0. The van der Waals surface area contributed by atoms with E-state index < -0.39 is 6.10 Å². The molecule has 59 heavy (non-hydrogen) atoms. The molecule has 1 unspecified atom stereocenters. The van der Waals surface area contributed by atoms with Gasteiger partial charge in [-0.05, 0) is 70.6 Å². The molecule has 6 nitrogen and oxygen atoms in total. The lowest BCUT2D eigenvalue weighted by Crippen LogP contribution is -2.30. The fourth-order valence-corrected chi connectivity index (χ4v) is 7.06. The first-order valence-corrected chi connectivity index (χ1v) is 25.2. The lowest BCUT2D eigenvalue weighted by atomic mass is 10.0. The molecule has 0 aliphatic rings. The fourth-order valence-electron chi connectivity index (χ4n) is 7.06. The summed E-state index contributed by atoms with van der Waals surface area (Å²) in [5.74, 6) is -0.893. The minimum Gasteiger partial charge on any atom is -0.462 e. The van der Waals surface area contributed by atoms with E-state index in [9.17, 15) is 14.4 Å². The normalized spacial score (nSPS) is 12.4. The Morgan fingerprint density at radius 3 is 1.15 bits per heavy atom. The van der Waals surface area contributed by atoms with Gasteiger partial charge in [-0.2, -0.15) is 0 Å². The molecular formula is C53H94O6. The maximum atomic E-state index is 12.8. The van der Waals surface area contributed by atoms with Crippen LogP contribution >= 0.6 is 0 Å². The molecule has 0 rings (SSSR count). The van der Waals surface area contributed by atoms with E-state index in [1.54, 1.807) is 0 Å². The third-order valence-electron chi connectivity index (χ3n) is 10.8. The Morgan fingerprint density at radius 2 is 0.712 bits per heavy atom. The first-order chi connectivity index (χ1) is 29.0. The molecule has 0 fully saturated rings. The molecule has 0 N–H and O–H groups in total. The molecule has 0 saturated carbocycles. The Morgan fingerprint density at radius 1 is 0.373 bits per heavy atom. The van der Waals surface area contributed by atoms with Crippen molar-refractivity contribution in [2.75, 3.05) is 13.2 Å². The summed E-state index contributed by atoms with van der Waals surface area (Å²) in [6.45, 7) is 6.49. The smallest absolute Gasteiger partial charge is 0.306 e. The highest BCUT2D eigenvalue weighted by atomic mass is 16.6. The number of rotatable bonds is 45. The zero-order valence-electron chi connectivity index (χ0n) is 39.0. The van der Waals surface area contributed by atoms with E-state index >= 15 is 0 Å². The van der Waals surface area contributed by atoms with E-state index in [-0.39, 0.29) is 31.1 Å². The van der Waals surface area contributed by atoms with Gasteiger partial charge in [0.2, 0.25) is 0 Å². The van der Waals surface area contributed by atoms with E-state index in [4.69, 9.17) is 14.2 Å². The maximum absolute atomic E-state index is 12.8. The van der Waals surface area contributed by atoms with Gasteiger partial charge in [0.15, 0.2) is 6.10 Å². The molecular weight excluding hydrogens is 733 g/mol. The van der Waals surface area contributed by atoms with Crippen molar-refractivity contribution in [1.82, 2.24) is 0 Å². The molecule has 0 aromatic carbocycles. The third kappa shape index (κ3) is 46.3. The van der Waals surface area contributed by atoms with Crippen molar-refractivity contribution >= 4 is 17.9 Å². The Balaban J connectivity index is 4.39. The van der Waals surface area contributed by atoms with Crippen molar-refractivity contribution in [2.24, 2.45) is 0 Å². The summed E-state index contributed by atoms with van der Waals surface area (Å²) >= 11 is 0. The Labute approximate surface area is 365 Å². The Hall–Kier alpha value is -2.63. The number of ether oxygens (including phenoxy) is 3. The summed E-state index contributed by atoms with van der Waals surface area (Å²) in [4.78, 5) is 37.9. The van der Waals surface area contributed by atoms with Crippen molar-refractivity contribution in [2.45, 2.75) is 258 Å². The van der Waals surface area contributed by atoms with Crippen molar-refractivity contribution in [3.05, 3.63) is 48.6 Å². The number of unbranched alkanes of at least 4 members (excludes halogenated alkanes) is 27. The quantitative estimate of drug-likeness (QED) is 0.0200. The van der Waals surface area contributed by atoms with Crippen LogP contribution in [0.15, 0.2) is 48.6 Å². The first-order valence-electron chi connectivity index (χ1n) is 25.2. The number of carbonyl (C=O) groups excluding carboxylic acids is 3. The minimum atomic E-state index is -0.778. The highest BCUT2D eigenvalue weighted by Gasteiger charge is 2.19. The van der Waals surface area contributed by atoms with Gasteiger partial charge in [0, 0.05) is 19.3 Å². The summed E-state index contributed by atoms with van der Waals surface area (Å²) in [6, 6.07) is 0. The Bertz CT molecular complexity index is 1040. The van der Waals surface area contributed by atoms with E-state index in [2.05, 4.69) is 69.4 Å². The zero-order chi connectivity index (χ0) is 43.0. The van der Waals surface area contributed by atoms with Crippen LogP contribution in [-0.4, -0.2) is 37.2 Å². The number of hydrogen-bond acceptors (Lipinski definition) is 6. The van der Waals surface area contributed by atoms with Gasteiger partial charge in [-0.3, -0.25) is 14.4 Å². The van der Waals surface area contributed by atoms with Crippen LogP contribution in [0.1, 0.15) is 252 Å². The topological polar surface area (TPSA) is 78.9 Å². The average Bonchev–Trinajstić information content (AvgIpc) is 3.23. The summed E-state index contributed by atoms with van der Waals surface area (Å²) < 4.78 is 16.8. The molecule has 0 aliphatic carbocycles. The van der Waals surface area contributed by atoms with Gasteiger partial charge in [-0.1, -0.05) is 211 Å². The van der Waals surface area contributed by atoms with Crippen molar-refractivity contribution in [3.63, 3.8) is 0 Å². The molecule has 0 spiro atoms. The predicted octanol–water partition coefficient (Wildman–Crippen LogP) is 16.3. The predicted molar refractivity (Wildman–Crippen MR) is 252 cm³/mol. The molecule has 0 aliphatic heterocycles. The van der Waals surface area contributed by atoms with Crippen LogP contribution in [0.2, 0.25) is 0 Å². The number of carbonyl (C=O) groups is 3. The van der Waals surface area contributed by atoms with Crippen LogP contribution in [0, 0.1) is 0 Å². The molecule has 342 valence electrons. The van der Waals surface area contributed by atoms with Crippen LogP contribution in [0.3, 0.4) is 0 Å². The standard InChI is InChI=1S/C53H94O6/c1-4-7-10-13-16-19-22-25-27-29-31-34-37-40-43-46-52(55)58-49-50(48-57-51(54)45-42-39-36-33-30-24-21-18-15-12-9-6-3)59-53(56)47-44-41-38-35-32-28-26-23-20-17-14-11-8-5-2/h8,11,16-17,19-20,22,25,50H,4-7,9-10,12-15,18,21,23-24,26-49H2,1-3H3/b11-8-,19-16-,20-17-,25-22-. The van der Waals surface area contributed by atoms with Crippen LogP contribution in [0.5, 0.6) is 0 Å². The molecule has 0 bridgehead atoms.